The molecule has 2 aromatic rings. The third-order valence-corrected chi connectivity index (χ3v) is 5.27. The molecule has 7 heteroatoms. The average Bonchev–Trinajstić information content (AvgIpc) is 2.95. The van der Waals surface area contributed by atoms with Gasteiger partial charge in [-0.25, -0.2) is 0 Å². The predicted octanol–water partition coefficient (Wildman–Crippen LogP) is 0.607. The first-order valence-electron chi connectivity index (χ1n) is 6.43. The minimum absolute atomic E-state index is 0.177. The monoisotopic (exact) mass is 289 g/mol. The molecule has 0 amide bonds. The number of likely N-dealkylation sites (N-methyl/N-ethyl adjacent to an activating group) is 1. The lowest BCUT2D eigenvalue weighted by atomic mass is 9.61. The highest BCUT2D eigenvalue weighted by molar-refractivity contribution is 7.19. The van der Waals surface area contributed by atoms with Crippen molar-refractivity contribution in [3.8, 4) is 0 Å². The SMILES string of the molecule is C[N+]12CC(=O)O[B-]1(c1csc3ccccc13)OC(=O)C2. The molecule has 2 aliphatic heterocycles. The molecular formula is C13H12BNO4S. The van der Waals surface area contributed by atoms with Gasteiger partial charge in [-0.2, -0.15) is 0 Å². The number of fused-ring (bicyclic) bond motifs is 2. The third kappa shape index (κ3) is 1.31. The summed E-state index contributed by atoms with van der Waals surface area (Å²) in [6, 6.07) is 7.88. The molecule has 0 radical (unpaired) electrons. The van der Waals surface area contributed by atoms with Crippen molar-refractivity contribution in [3.05, 3.63) is 29.6 Å². The Balaban J connectivity index is 1.99. The highest BCUT2D eigenvalue weighted by Gasteiger charge is 2.66. The first kappa shape index (κ1) is 11.9. The van der Waals surface area contributed by atoms with Crippen LogP contribution in [0.5, 0.6) is 0 Å². The number of rotatable bonds is 1. The maximum atomic E-state index is 11.8. The molecule has 3 heterocycles. The van der Waals surface area contributed by atoms with E-state index in [1.54, 1.807) is 11.3 Å². The Labute approximate surface area is 119 Å². The van der Waals surface area contributed by atoms with Crippen molar-refractivity contribution in [2.24, 2.45) is 0 Å². The van der Waals surface area contributed by atoms with Crippen molar-refractivity contribution >= 4 is 45.5 Å². The van der Waals surface area contributed by atoms with Crippen LogP contribution in [0.25, 0.3) is 10.1 Å². The Morgan fingerprint density at radius 2 is 1.80 bits per heavy atom. The van der Waals surface area contributed by atoms with E-state index in [2.05, 4.69) is 0 Å². The van der Waals surface area contributed by atoms with E-state index in [0.717, 1.165) is 15.5 Å². The standard InChI is InChI=1S/C13H12BNO4S/c1-15-6-12(16)18-14(15,19-13(17)7-15)10-8-20-11-5-3-2-4-9(10)11/h2-5,8H,6-7H2,1H3. The van der Waals surface area contributed by atoms with Gasteiger partial charge in [0.15, 0.2) is 0 Å². The Kier molecular flexibility index (Phi) is 2.16. The summed E-state index contributed by atoms with van der Waals surface area (Å²) in [6.45, 7) is -1.76. The van der Waals surface area contributed by atoms with Crippen LogP contribution in [0.4, 0.5) is 0 Å². The molecule has 5 nitrogen and oxygen atoms in total. The summed E-state index contributed by atoms with van der Waals surface area (Å²) < 4.78 is 12.4. The van der Waals surface area contributed by atoms with Gasteiger partial charge in [-0.3, -0.25) is 9.59 Å². The van der Waals surface area contributed by atoms with E-state index in [1.807, 2.05) is 36.7 Å². The van der Waals surface area contributed by atoms with Gasteiger partial charge in [0, 0.05) is 11.7 Å². The molecule has 0 atom stereocenters. The second kappa shape index (κ2) is 3.62. The Hall–Kier alpha value is -1.86. The summed E-state index contributed by atoms with van der Waals surface area (Å²) >= 11 is 1.57. The Morgan fingerprint density at radius 3 is 2.50 bits per heavy atom. The number of carbonyl (C=O) groups excluding carboxylic acids is 2. The average molecular weight is 289 g/mol. The fraction of sp³-hybridized carbons (Fsp3) is 0.231. The molecule has 0 N–H and O–H groups in total. The van der Waals surface area contributed by atoms with Crippen LogP contribution >= 0.6 is 11.3 Å². The van der Waals surface area contributed by atoms with Crippen LogP contribution in [0.2, 0.25) is 0 Å². The smallest absolute Gasteiger partial charge is 0.596 e. The van der Waals surface area contributed by atoms with E-state index in [4.69, 9.17) is 9.31 Å². The highest BCUT2D eigenvalue weighted by atomic mass is 32.1. The van der Waals surface area contributed by atoms with Gasteiger partial charge >= 0.3 is 18.6 Å². The lowest BCUT2D eigenvalue weighted by molar-refractivity contribution is -0.791. The first-order valence-corrected chi connectivity index (χ1v) is 7.31. The molecule has 2 aliphatic rings. The normalized spacial score (nSPS) is 32.2. The summed E-state index contributed by atoms with van der Waals surface area (Å²) in [5.41, 5.74) is 0.824. The largest absolute Gasteiger partial charge is 0.616 e. The molecule has 102 valence electrons. The molecule has 2 fully saturated rings. The van der Waals surface area contributed by atoms with Crippen molar-refractivity contribution in [1.82, 2.24) is 0 Å². The topological polar surface area (TPSA) is 52.6 Å². The summed E-state index contributed by atoms with van der Waals surface area (Å²) in [5.74, 6) is -0.620. The summed E-state index contributed by atoms with van der Waals surface area (Å²) in [5, 5.41) is 2.93. The van der Waals surface area contributed by atoms with Gasteiger partial charge in [0.05, 0.1) is 0 Å². The molecule has 20 heavy (non-hydrogen) atoms. The van der Waals surface area contributed by atoms with Crippen molar-refractivity contribution in [3.63, 3.8) is 0 Å². The van der Waals surface area contributed by atoms with Gasteiger partial charge in [-0.1, -0.05) is 18.2 Å². The van der Waals surface area contributed by atoms with Crippen LogP contribution in [-0.4, -0.2) is 43.2 Å². The van der Waals surface area contributed by atoms with Crippen LogP contribution < -0.4 is 5.46 Å². The Morgan fingerprint density at radius 1 is 1.15 bits per heavy atom. The zero-order valence-electron chi connectivity index (χ0n) is 10.9. The predicted molar refractivity (Wildman–Crippen MR) is 75.3 cm³/mol. The van der Waals surface area contributed by atoms with Gasteiger partial charge in [0.1, 0.15) is 13.1 Å². The number of nitrogens with zero attached hydrogens (tertiary/aromatic N) is 1. The quantitative estimate of drug-likeness (QED) is 0.722. The van der Waals surface area contributed by atoms with E-state index < -0.39 is 6.69 Å². The number of hydrogen-bond acceptors (Lipinski definition) is 5. The van der Waals surface area contributed by atoms with Crippen LogP contribution in [-0.2, 0) is 18.9 Å². The fourth-order valence-corrected chi connectivity index (χ4v) is 4.36. The van der Waals surface area contributed by atoms with Crippen LogP contribution in [0.3, 0.4) is 0 Å². The summed E-state index contributed by atoms with van der Waals surface area (Å²) in [4.78, 5) is 23.6. The maximum absolute atomic E-state index is 11.8. The van der Waals surface area contributed by atoms with E-state index in [-0.39, 0.29) is 29.4 Å². The minimum Gasteiger partial charge on any atom is -0.596 e. The second-order valence-electron chi connectivity index (χ2n) is 5.63. The fourth-order valence-electron chi connectivity index (χ4n) is 3.34. The molecule has 0 unspecified atom stereocenters. The minimum atomic E-state index is -2.11. The molecule has 1 aromatic heterocycles. The maximum Gasteiger partial charge on any atom is 0.616 e. The number of hydrogen-bond donors (Lipinski definition) is 0. The lowest BCUT2D eigenvalue weighted by Gasteiger charge is -2.39. The van der Waals surface area contributed by atoms with E-state index in [0.29, 0.717) is 0 Å². The molecule has 4 rings (SSSR count). The summed E-state index contributed by atoms with van der Waals surface area (Å²) in [7, 11) is 1.85. The first-order chi connectivity index (χ1) is 9.54. The zero-order chi connectivity index (χ0) is 14.0. The molecule has 0 aliphatic carbocycles. The van der Waals surface area contributed by atoms with E-state index in [1.165, 1.54) is 0 Å². The number of benzene rings is 1. The van der Waals surface area contributed by atoms with Gasteiger partial charge in [-0.15, -0.1) is 11.3 Å². The third-order valence-electron chi connectivity index (χ3n) is 4.29. The van der Waals surface area contributed by atoms with Crippen LogP contribution in [0.15, 0.2) is 29.6 Å². The van der Waals surface area contributed by atoms with Crippen LogP contribution in [0.1, 0.15) is 0 Å². The van der Waals surface area contributed by atoms with Gasteiger partial charge in [0.2, 0.25) is 0 Å². The molecule has 0 spiro atoms. The van der Waals surface area contributed by atoms with Crippen molar-refractivity contribution in [2.45, 2.75) is 0 Å². The molecule has 1 aromatic carbocycles. The summed E-state index contributed by atoms with van der Waals surface area (Å²) in [6.07, 6.45) is 0. The number of quaternary nitrogens is 1. The van der Waals surface area contributed by atoms with Crippen molar-refractivity contribution in [2.75, 3.05) is 20.1 Å². The second-order valence-corrected chi connectivity index (χ2v) is 6.55. The van der Waals surface area contributed by atoms with Crippen LogP contribution in [0, 0.1) is 0 Å². The van der Waals surface area contributed by atoms with Crippen molar-refractivity contribution < 1.29 is 23.3 Å². The van der Waals surface area contributed by atoms with Crippen molar-refractivity contribution in [1.29, 1.82) is 0 Å². The number of thiophene rings is 1. The lowest BCUT2D eigenvalue weighted by Crippen LogP contribution is -2.67. The molecule has 0 bridgehead atoms. The van der Waals surface area contributed by atoms with E-state index in [9.17, 15) is 9.59 Å². The van der Waals surface area contributed by atoms with E-state index >= 15 is 0 Å². The Bertz CT molecular complexity index is 736. The molecular weight excluding hydrogens is 277 g/mol. The van der Waals surface area contributed by atoms with Gasteiger partial charge < -0.3 is 13.7 Å². The number of carbonyl (C=O) groups is 2. The molecule has 2 saturated heterocycles. The zero-order valence-corrected chi connectivity index (χ0v) is 11.7. The van der Waals surface area contributed by atoms with Gasteiger partial charge in [-0.05, 0) is 22.3 Å². The van der Waals surface area contributed by atoms with Gasteiger partial charge in [0.25, 0.3) is 0 Å². The molecule has 0 saturated carbocycles. The highest BCUT2D eigenvalue weighted by Crippen LogP contribution is 2.36.